The Morgan fingerprint density at radius 1 is 0.889 bits per heavy atom. The van der Waals surface area contributed by atoms with Crippen molar-refractivity contribution in [1.29, 1.82) is 0 Å². The van der Waals surface area contributed by atoms with Gasteiger partial charge in [0.2, 0.25) is 0 Å². The van der Waals surface area contributed by atoms with Gasteiger partial charge in [0.15, 0.2) is 0 Å². The summed E-state index contributed by atoms with van der Waals surface area (Å²) in [6, 6.07) is 19.6. The molecule has 2 nitrogen and oxygen atoms in total. The van der Waals surface area contributed by atoms with Gasteiger partial charge in [-0.3, -0.25) is 0 Å². The monoisotopic (exact) mass is 241 g/mol. The smallest absolute Gasteiger partial charge is 0.0735 e. The summed E-state index contributed by atoms with van der Waals surface area (Å²) in [4.78, 5) is 0. The van der Waals surface area contributed by atoms with Crippen LogP contribution in [-0.4, -0.2) is 11.2 Å². The Bertz CT molecular complexity index is 455. The van der Waals surface area contributed by atoms with Crippen LogP contribution in [-0.2, 0) is 6.42 Å². The molecule has 2 atom stereocenters. The average molecular weight is 241 g/mol. The Morgan fingerprint density at radius 2 is 1.44 bits per heavy atom. The molecule has 2 aromatic carbocycles. The third-order valence-corrected chi connectivity index (χ3v) is 3.17. The van der Waals surface area contributed by atoms with Gasteiger partial charge in [-0.15, -0.1) is 0 Å². The first kappa shape index (κ1) is 12.8. The van der Waals surface area contributed by atoms with Gasteiger partial charge in [0, 0.05) is 0 Å². The van der Waals surface area contributed by atoms with E-state index in [-0.39, 0.29) is 6.04 Å². The number of hydrogen-bond acceptors (Lipinski definition) is 2. The maximum absolute atomic E-state index is 10.1. The van der Waals surface area contributed by atoms with Gasteiger partial charge in [0.25, 0.3) is 0 Å². The number of nitrogens with two attached hydrogens (primary N) is 1. The first-order chi connectivity index (χ1) is 8.77. The zero-order valence-electron chi connectivity index (χ0n) is 10.4. The lowest BCUT2D eigenvalue weighted by molar-refractivity contribution is 0.135. The molecule has 0 spiro atoms. The number of benzene rings is 2. The topological polar surface area (TPSA) is 46.2 Å². The highest BCUT2D eigenvalue weighted by Crippen LogP contribution is 2.17. The van der Waals surface area contributed by atoms with Crippen molar-refractivity contribution >= 4 is 0 Å². The Balaban J connectivity index is 1.90. The van der Waals surface area contributed by atoms with Crippen molar-refractivity contribution in [1.82, 2.24) is 0 Å². The van der Waals surface area contributed by atoms with Crippen molar-refractivity contribution < 1.29 is 5.11 Å². The van der Waals surface area contributed by atoms with E-state index in [1.165, 1.54) is 5.56 Å². The molecule has 0 radical (unpaired) electrons. The van der Waals surface area contributed by atoms with Gasteiger partial charge in [-0.25, -0.2) is 0 Å². The van der Waals surface area contributed by atoms with Crippen LogP contribution in [0.1, 0.15) is 23.6 Å². The molecule has 3 N–H and O–H groups in total. The van der Waals surface area contributed by atoms with E-state index in [0.29, 0.717) is 6.42 Å². The lowest BCUT2D eigenvalue weighted by Gasteiger charge is -2.19. The maximum atomic E-state index is 10.1. The Hall–Kier alpha value is -1.64. The van der Waals surface area contributed by atoms with E-state index in [2.05, 4.69) is 12.1 Å². The highest BCUT2D eigenvalue weighted by Gasteiger charge is 2.16. The summed E-state index contributed by atoms with van der Waals surface area (Å²) in [5.74, 6) is 0. The normalized spacial score (nSPS) is 14.1. The lowest BCUT2D eigenvalue weighted by atomic mass is 9.97. The summed E-state index contributed by atoms with van der Waals surface area (Å²) in [5, 5.41) is 10.1. The Labute approximate surface area is 108 Å². The van der Waals surface area contributed by atoms with Crippen molar-refractivity contribution in [2.24, 2.45) is 5.73 Å². The number of rotatable bonds is 5. The average Bonchev–Trinajstić information content (AvgIpc) is 2.46. The van der Waals surface area contributed by atoms with Crippen LogP contribution in [0.15, 0.2) is 60.7 Å². The fourth-order valence-corrected chi connectivity index (χ4v) is 2.04. The molecule has 2 heteroatoms. The predicted molar refractivity (Wildman–Crippen MR) is 74.1 cm³/mol. The minimum atomic E-state index is -0.507. The number of aliphatic hydroxyl groups excluding tert-OH is 1. The van der Waals surface area contributed by atoms with Crippen molar-refractivity contribution in [2.75, 3.05) is 0 Å². The molecule has 2 aromatic rings. The molecule has 2 unspecified atom stereocenters. The predicted octanol–water partition coefficient (Wildman–Crippen LogP) is 2.68. The third-order valence-electron chi connectivity index (χ3n) is 3.17. The van der Waals surface area contributed by atoms with Crippen LogP contribution in [0.3, 0.4) is 0 Å². The second-order valence-electron chi connectivity index (χ2n) is 4.53. The molecule has 0 bridgehead atoms. The molecule has 0 heterocycles. The SMILES string of the molecule is NC(c1ccccc1)C(O)CCc1ccccc1. The molecule has 0 amide bonds. The fourth-order valence-electron chi connectivity index (χ4n) is 2.04. The first-order valence-corrected chi connectivity index (χ1v) is 6.30. The largest absolute Gasteiger partial charge is 0.391 e. The van der Waals surface area contributed by atoms with Gasteiger partial charge in [0.05, 0.1) is 12.1 Å². The van der Waals surface area contributed by atoms with Crippen LogP contribution in [0.2, 0.25) is 0 Å². The summed E-state index contributed by atoms with van der Waals surface area (Å²) < 4.78 is 0. The van der Waals surface area contributed by atoms with Gasteiger partial charge < -0.3 is 10.8 Å². The van der Waals surface area contributed by atoms with E-state index in [4.69, 9.17) is 5.73 Å². The second kappa shape index (κ2) is 6.34. The highest BCUT2D eigenvalue weighted by molar-refractivity contribution is 5.20. The number of aryl methyl sites for hydroxylation is 1. The molecular weight excluding hydrogens is 222 g/mol. The molecule has 18 heavy (non-hydrogen) atoms. The summed E-state index contributed by atoms with van der Waals surface area (Å²) in [6.07, 6.45) is 1.02. The lowest BCUT2D eigenvalue weighted by Crippen LogP contribution is -2.26. The minimum absolute atomic E-state index is 0.310. The van der Waals surface area contributed by atoms with Crippen LogP contribution >= 0.6 is 0 Å². The zero-order valence-corrected chi connectivity index (χ0v) is 10.4. The molecule has 2 rings (SSSR count). The summed E-state index contributed by atoms with van der Waals surface area (Å²) in [7, 11) is 0. The summed E-state index contributed by atoms with van der Waals surface area (Å²) >= 11 is 0. The molecule has 94 valence electrons. The van der Waals surface area contributed by atoms with Gasteiger partial charge >= 0.3 is 0 Å². The minimum Gasteiger partial charge on any atom is -0.391 e. The van der Waals surface area contributed by atoms with E-state index in [1.807, 2.05) is 48.5 Å². The van der Waals surface area contributed by atoms with Crippen LogP contribution in [0.25, 0.3) is 0 Å². The van der Waals surface area contributed by atoms with Gasteiger partial charge in [-0.05, 0) is 24.0 Å². The summed E-state index contributed by atoms with van der Waals surface area (Å²) in [5.41, 5.74) is 8.27. The second-order valence-corrected chi connectivity index (χ2v) is 4.53. The van der Waals surface area contributed by atoms with Crippen molar-refractivity contribution in [3.8, 4) is 0 Å². The number of hydrogen-bond donors (Lipinski definition) is 2. The van der Waals surface area contributed by atoms with E-state index in [0.717, 1.165) is 12.0 Å². The first-order valence-electron chi connectivity index (χ1n) is 6.30. The molecule has 0 saturated carbocycles. The van der Waals surface area contributed by atoms with E-state index >= 15 is 0 Å². The van der Waals surface area contributed by atoms with Crippen LogP contribution in [0, 0.1) is 0 Å². The van der Waals surface area contributed by atoms with E-state index in [9.17, 15) is 5.11 Å². The van der Waals surface area contributed by atoms with Gasteiger partial charge in [-0.2, -0.15) is 0 Å². The van der Waals surface area contributed by atoms with Gasteiger partial charge in [-0.1, -0.05) is 60.7 Å². The van der Waals surface area contributed by atoms with Crippen molar-refractivity contribution in [2.45, 2.75) is 25.0 Å². The summed E-state index contributed by atoms with van der Waals surface area (Å²) in [6.45, 7) is 0. The highest BCUT2D eigenvalue weighted by atomic mass is 16.3. The quantitative estimate of drug-likeness (QED) is 0.845. The van der Waals surface area contributed by atoms with Crippen molar-refractivity contribution in [3.63, 3.8) is 0 Å². The fraction of sp³-hybridized carbons (Fsp3) is 0.250. The molecule has 0 aromatic heterocycles. The molecule has 0 saturated heterocycles. The van der Waals surface area contributed by atoms with Crippen LogP contribution in [0.4, 0.5) is 0 Å². The molecule has 0 aliphatic rings. The molecular formula is C16H19NO. The van der Waals surface area contributed by atoms with Gasteiger partial charge in [0.1, 0.15) is 0 Å². The molecule has 0 aliphatic carbocycles. The maximum Gasteiger partial charge on any atom is 0.0735 e. The third kappa shape index (κ3) is 3.42. The zero-order chi connectivity index (χ0) is 12.8. The number of aliphatic hydroxyl groups is 1. The molecule has 0 aliphatic heterocycles. The van der Waals surface area contributed by atoms with Crippen LogP contribution in [0.5, 0.6) is 0 Å². The standard InChI is InChI=1S/C16H19NO/c17-16(14-9-5-2-6-10-14)15(18)12-11-13-7-3-1-4-8-13/h1-10,15-16,18H,11-12,17H2. The van der Waals surface area contributed by atoms with E-state index in [1.54, 1.807) is 0 Å². The molecule has 0 fully saturated rings. The van der Waals surface area contributed by atoms with E-state index < -0.39 is 6.10 Å². The van der Waals surface area contributed by atoms with Crippen LogP contribution < -0.4 is 5.73 Å². The Kier molecular flexibility index (Phi) is 4.51. The Morgan fingerprint density at radius 3 is 2.06 bits per heavy atom. The van der Waals surface area contributed by atoms with Crippen molar-refractivity contribution in [3.05, 3.63) is 71.8 Å².